The van der Waals surface area contributed by atoms with Crippen molar-refractivity contribution in [3.63, 3.8) is 0 Å². The number of nitrogens with one attached hydrogen (secondary N) is 1. The van der Waals surface area contributed by atoms with E-state index in [9.17, 15) is 26.4 Å². The third-order valence-electron chi connectivity index (χ3n) is 8.74. The number of anilines is 1. The normalized spacial score (nSPS) is 22.4. The van der Waals surface area contributed by atoms with Gasteiger partial charge in [-0.05, 0) is 82.9 Å². The maximum Gasteiger partial charge on any atom is 0.394 e. The van der Waals surface area contributed by atoms with Crippen molar-refractivity contribution < 1.29 is 31.1 Å². The molecule has 1 saturated heterocycles. The molecule has 0 aromatic carbocycles. The number of carbonyl (C=O) groups excluding carboxylic acids is 1. The van der Waals surface area contributed by atoms with Gasteiger partial charge in [-0.3, -0.25) is 9.48 Å². The molecule has 0 radical (unpaired) electrons. The van der Waals surface area contributed by atoms with Gasteiger partial charge in [-0.1, -0.05) is 0 Å². The molecule has 1 amide bonds. The number of aryl methyl sites for hydroxylation is 1. The van der Waals surface area contributed by atoms with Crippen LogP contribution in [0.1, 0.15) is 69.2 Å². The molecule has 11 nitrogen and oxygen atoms in total. The number of aromatic nitrogens is 5. The van der Waals surface area contributed by atoms with Crippen LogP contribution in [0.5, 0.6) is 5.88 Å². The highest BCUT2D eigenvalue weighted by atomic mass is 32.2. The summed E-state index contributed by atoms with van der Waals surface area (Å²) in [5, 5.41) is 8.31. The van der Waals surface area contributed by atoms with Gasteiger partial charge in [0.25, 0.3) is 15.9 Å². The molecule has 4 bridgehead atoms. The quantitative estimate of drug-likeness (QED) is 0.400. The van der Waals surface area contributed by atoms with Crippen LogP contribution >= 0.6 is 0 Å². The lowest BCUT2D eigenvalue weighted by molar-refractivity contribution is -0.189. The van der Waals surface area contributed by atoms with Crippen molar-refractivity contribution in [1.82, 2.24) is 29.3 Å². The van der Waals surface area contributed by atoms with Gasteiger partial charge in [0, 0.05) is 37.1 Å². The third kappa shape index (κ3) is 5.83. The van der Waals surface area contributed by atoms with Gasteiger partial charge in [0.1, 0.15) is 5.82 Å². The number of nitrogens with zero attached hydrogens (tertiary/aromatic N) is 6. The summed E-state index contributed by atoms with van der Waals surface area (Å²) in [6, 6.07) is 6.04. The Morgan fingerprint density at radius 3 is 2.65 bits per heavy atom. The van der Waals surface area contributed by atoms with Gasteiger partial charge in [-0.25, -0.2) is 14.4 Å². The molecule has 5 heterocycles. The summed E-state index contributed by atoms with van der Waals surface area (Å²) in [4.78, 5) is 20.3. The number of halogens is 3. The predicted octanol–water partition coefficient (Wildman–Crippen LogP) is 4.48. The number of sulfonamides is 1. The second-order valence-electron chi connectivity index (χ2n) is 12.4. The fourth-order valence-electron chi connectivity index (χ4n) is 6.21. The topological polar surface area (TPSA) is 124 Å². The van der Waals surface area contributed by atoms with Crippen molar-refractivity contribution in [2.45, 2.75) is 82.1 Å². The van der Waals surface area contributed by atoms with Crippen molar-refractivity contribution in [2.75, 3.05) is 18.1 Å². The van der Waals surface area contributed by atoms with E-state index in [0.29, 0.717) is 30.6 Å². The van der Waals surface area contributed by atoms with Crippen LogP contribution in [0.15, 0.2) is 41.7 Å². The Balaban J connectivity index is 1.25. The molecule has 0 spiro atoms. The van der Waals surface area contributed by atoms with Crippen LogP contribution in [0.2, 0.25) is 0 Å². The van der Waals surface area contributed by atoms with Crippen molar-refractivity contribution >= 4 is 21.7 Å². The Kier molecular flexibility index (Phi) is 7.21. The third-order valence-corrected chi connectivity index (χ3v) is 9.96. The Labute approximate surface area is 247 Å². The van der Waals surface area contributed by atoms with Gasteiger partial charge in [0.15, 0.2) is 10.8 Å². The van der Waals surface area contributed by atoms with E-state index >= 15 is 0 Å². The molecule has 2 aliphatic heterocycles. The number of hydrogen-bond acceptors (Lipinski definition) is 8. The van der Waals surface area contributed by atoms with E-state index < -0.39 is 27.5 Å². The highest BCUT2D eigenvalue weighted by Crippen LogP contribution is 2.60. The summed E-state index contributed by atoms with van der Waals surface area (Å²) >= 11 is 0. The molecule has 3 aromatic heterocycles. The number of fused-ring (bicyclic) bond motifs is 6. The van der Waals surface area contributed by atoms with E-state index in [2.05, 4.69) is 33.7 Å². The molecule has 6 rings (SSSR count). The number of pyridine rings is 1. The lowest BCUT2D eigenvalue weighted by Gasteiger charge is -2.34. The highest BCUT2D eigenvalue weighted by Gasteiger charge is 2.62. The van der Waals surface area contributed by atoms with Crippen LogP contribution in [0.25, 0.3) is 5.82 Å². The Morgan fingerprint density at radius 2 is 1.91 bits per heavy atom. The van der Waals surface area contributed by atoms with Crippen molar-refractivity contribution in [2.24, 2.45) is 11.3 Å². The van der Waals surface area contributed by atoms with E-state index in [1.54, 1.807) is 29.2 Å². The first-order chi connectivity index (χ1) is 20.3. The first-order valence-corrected chi connectivity index (χ1v) is 15.9. The van der Waals surface area contributed by atoms with Crippen LogP contribution in [-0.4, -0.2) is 63.7 Å². The zero-order valence-corrected chi connectivity index (χ0v) is 24.8. The van der Waals surface area contributed by atoms with Gasteiger partial charge in [-0.2, -0.15) is 26.7 Å². The first-order valence-electron chi connectivity index (χ1n) is 14.4. The SMILES string of the molecule is CC1(C)CC2CCCn3ccc(n3)S(=O)(=O)NC(=O)c3ccc(-n4ccc(OCCCC5(C(F)(F)F)CC5)n4)nc3N1C2. The van der Waals surface area contributed by atoms with E-state index in [0.717, 1.165) is 19.3 Å². The van der Waals surface area contributed by atoms with Crippen molar-refractivity contribution in [3.8, 4) is 11.7 Å². The lowest BCUT2D eigenvalue weighted by atomic mass is 9.93. The largest absolute Gasteiger partial charge is 0.477 e. The molecule has 1 atom stereocenters. The summed E-state index contributed by atoms with van der Waals surface area (Å²) in [5.74, 6) is 0.452. The molecule has 43 heavy (non-hydrogen) atoms. The predicted molar refractivity (Wildman–Crippen MR) is 149 cm³/mol. The van der Waals surface area contributed by atoms with Gasteiger partial charge >= 0.3 is 6.18 Å². The zero-order valence-electron chi connectivity index (χ0n) is 24.0. The minimum absolute atomic E-state index is 0.0237. The summed E-state index contributed by atoms with van der Waals surface area (Å²) in [6.45, 7) is 5.44. The minimum Gasteiger partial charge on any atom is -0.477 e. The molecule has 3 aromatic rings. The lowest BCUT2D eigenvalue weighted by Crippen LogP contribution is -2.41. The number of hydrogen-bond donors (Lipinski definition) is 1. The van der Waals surface area contributed by atoms with Gasteiger partial charge in [-0.15, -0.1) is 5.10 Å². The molecule has 1 aliphatic carbocycles. The van der Waals surface area contributed by atoms with E-state index in [-0.39, 0.29) is 54.3 Å². The van der Waals surface area contributed by atoms with Crippen LogP contribution in [0, 0.1) is 11.3 Å². The monoisotopic (exact) mass is 621 g/mol. The van der Waals surface area contributed by atoms with Gasteiger partial charge in [0.2, 0.25) is 5.88 Å². The smallest absolute Gasteiger partial charge is 0.394 e. The molecule has 15 heteroatoms. The van der Waals surface area contributed by atoms with Crippen molar-refractivity contribution in [3.05, 3.63) is 42.2 Å². The summed E-state index contributed by atoms with van der Waals surface area (Å²) in [7, 11) is -4.22. The number of ether oxygens (including phenoxy) is 1. The summed E-state index contributed by atoms with van der Waals surface area (Å²) in [5.41, 5.74) is -1.83. The van der Waals surface area contributed by atoms with Crippen LogP contribution in [0.3, 0.4) is 0 Å². The molecule has 1 N–H and O–H groups in total. The molecular formula is C28H34F3N7O4S. The van der Waals surface area contributed by atoms with E-state index in [1.807, 2.05) is 0 Å². The van der Waals surface area contributed by atoms with Gasteiger partial charge < -0.3 is 9.64 Å². The second kappa shape index (κ2) is 10.5. The first kappa shape index (κ1) is 29.5. The van der Waals surface area contributed by atoms with Crippen molar-refractivity contribution in [1.29, 1.82) is 0 Å². The highest BCUT2D eigenvalue weighted by molar-refractivity contribution is 7.90. The number of alkyl halides is 3. The Bertz CT molecular complexity index is 1630. The zero-order chi connectivity index (χ0) is 30.6. The fraction of sp³-hybridized carbons (Fsp3) is 0.571. The summed E-state index contributed by atoms with van der Waals surface area (Å²) < 4.78 is 76.3. The summed E-state index contributed by atoms with van der Waals surface area (Å²) in [6.07, 6.45) is 2.21. The maximum atomic E-state index is 13.4. The second-order valence-corrected chi connectivity index (χ2v) is 14.0. The maximum absolute atomic E-state index is 13.4. The molecule has 3 aliphatic rings. The molecule has 2 fully saturated rings. The standard InChI is InChI=1S/C28H34F3N7O4S/c1-26(2)17-19-5-3-13-36-14-9-23(34-36)43(40,41)35-25(39)20-6-7-21(32-24(20)37(26)18-19)38-15-8-22(33-38)42-16-4-10-27(11-12-27)28(29,30)31/h6-9,14-15,19H,3-5,10-13,16-18H2,1-2H3,(H,35,39). The van der Waals surface area contributed by atoms with E-state index in [4.69, 9.17) is 9.72 Å². The molecular weight excluding hydrogens is 587 g/mol. The Hall–Kier alpha value is -3.62. The molecule has 1 saturated carbocycles. The minimum atomic E-state index is -4.22. The number of carbonyl (C=O) groups is 1. The van der Waals surface area contributed by atoms with Crippen LogP contribution in [-0.2, 0) is 16.6 Å². The molecule has 232 valence electrons. The van der Waals surface area contributed by atoms with Crippen LogP contribution < -0.4 is 14.4 Å². The Morgan fingerprint density at radius 1 is 1.12 bits per heavy atom. The van der Waals surface area contributed by atoms with Crippen LogP contribution in [0.4, 0.5) is 19.0 Å². The van der Waals surface area contributed by atoms with Gasteiger partial charge in [0.05, 0.1) is 17.6 Å². The van der Waals surface area contributed by atoms with E-state index in [1.165, 1.54) is 16.8 Å². The average molecular weight is 622 g/mol. The number of amides is 1. The fourth-order valence-corrected chi connectivity index (χ4v) is 7.12. The molecule has 1 unspecified atom stereocenters. The average Bonchev–Trinajstić information content (AvgIpc) is 3.23. The number of rotatable bonds is 6.